The van der Waals surface area contributed by atoms with Gasteiger partial charge in [-0.2, -0.15) is 0 Å². The van der Waals surface area contributed by atoms with Crippen molar-refractivity contribution >= 4 is 63.8 Å². The monoisotopic (exact) mass is 480 g/mol. The van der Waals surface area contributed by atoms with E-state index in [0.29, 0.717) is 38.4 Å². The first-order chi connectivity index (χ1) is 14.3. The minimum atomic E-state index is -0.943. The number of ketones is 1. The van der Waals surface area contributed by atoms with Crippen LogP contribution >= 0.6 is 46.4 Å². The van der Waals surface area contributed by atoms with E-state index in [9.17, 15) is 9.59 Å². The summed E-state index contributed by atoms with van der Waals surface area (Å²) in [7, 11) is 0. The minimum Gasteiger partial charge on any atom is -0.324 e. The van der Waals surface area contributed by atoms with Gasteiger partial charge in [-0.25, -0.2) is 0 Å². The lowest BCUT2D eigenvalue weighted by molar-refractivity contribution is -0.116. The predicted molar refractivity (Wildman–Crippen MR) is 123 cm³/mol. The van der Waals surface area contributed by atoms with Crippen LogP contribution in [0.3, 0.4) is 0 Å². The van der Waals surface area contributed by atoms with E-state index in [2.05, 4.69) is 10.6 Å². The van der Waals surface area contributed by atoms with Crippen molar-refractivity contribution in [1.29, 1.82) is 0 Å². The fourth-order valence-corrected chi connectivity index (χ4v) is 3.30. The molecule has 1 unspecified atom stereocenters. The molecule has 0 radical (unpaired) electrons. The first-order valence-corrected chi connectivity index (χ1v) is 10.4. The predicted octanol–water partition coefficient (Wildman–Crippen LogP) is 6.17. The molecule has 4 nitrogen and oxygen atoms in total. The molecule has 0 spiro atoms. The molecule has 3 aromatic rings. The first-order valence-electron chi connectivity index (χ1n) is 8.86. The SMILES string of the molecule is O=C(c1ccc(NC(=O)C(Cl)NCc2cccc(Cl)c2)cc1)c1ccc(Cl)c(Cl)c1. The van der Waals surface area contributed by atoms with E-state index in [1.54, 1.807) is 48.5 Å². The first kappa shape index (κ1) is 22.6. The number of alkyl halides is 1. The zero-order valence-corrected chi connectivity index (χ0v) is 18.5. The van der Waals surface area contributed by atoms with E-state index in [-0.39, 0.29) is 5.78 Å². The van der Waals surface area contributed by atoms with Crippen molar-refractivity contribution in [1.82, 2.24) is 5.32 Å². The molecule has 0 fully saturated rings. The molecule has 30 heavy (non-hydrogen) atoms. The van der Waals surface area contributed by atoms with Crippen LogP contribution in [-0.2, 0) is 11.3 Å². The molecule has 2 N–H and O–H groups in total. The van der Waals surface area contributed by atoms with Crippen molar-refractivity contribution in [2.45, 2.75) is 12.0 Å². The molecule has 3 rings (SSSR count). The molecule has 3 aromatic carbocycles. The van der Waals surface area contributed by atoms with Crippen LogP contribution in [0, 0.1) is 0 Å². The Hall–Kier alpha value is -2.08. The summed E-state index contributed by atoms with van der Waals surface area (Å²) in [5.41, 5.74) is 1.36. The van der Waals surface area contributed by atoms with E-state index >= 15 is 0 Å². The van der Waals surface area contributed by atoms with Crippen molar-refractivity contribution in [2.24, 2.45) is 0 Å². The lowest BCUT2D eigenvalue weighted by Gasteiger charge is -2.13. The molecular formula is C22H16Cl4N2O2. The lowest BCUT2D eigenvalue weighted by atomic mass is 10.0. The van der Waals surface area contributed by atoms with Gasteiger partial charge >= 0.3 is 0 Å². The van der Waals surface area contributed by atoms with Gasteiger partial charge in [0.05, 0.1) is 10.0 Å². The zero-order valence-electron chi connectivity index (χ0n) is 15.5. The van der Waals surface area contributed by atoms with Crippen molar-refractivity contribution in [3.63, 3.8) is 0 Å². The number of rotatable bonds is 7. The molecule has 8 heteroatoms. The summed E-state index contributed by atoms with van der Waals surface area (Å²) in [6.07, 6.45) is 0. The number of benzene rings is 3. The van der Waals surface area contributed by atoms with Gasteiger partial charge in [-0.05, 0) is 60.2 Å². The number of anilines is 1. The smallest absolute Gasteiger partial charge is 0.256 e. The zero-order chi connectivity index (χ0) is 21.7. The van der Waals surface area contributed by atoms with E-state index in [0.717, 1.165) is 5.56 Å². The average Bonchev–Trinajstić information content (AvgIpc) is 2.74. The molecule has 1 atom stereocenters. The maximum absolute atomic E-state index is 12.6. The Balaban J connectivity index is 1.58. The summed E-state index contributed by atoms with van der Waals surface area (Å²) < 4.78 is 0. The van der Waals surface area contributed by atoms with Crippen LogP contribution in [-0.4, -0.2) is 17.2 Å². The molecule has 0 aliphatic rings. The number of hydrogen-bond acceptors (Lipinski definition) is 3. The van der Waals surface area contributed by atoms with Gasteiger partial charge in [0.25, 0.3) is 5.91 Å². The van der Waals surface area contributed by atoms with Crippen molar-refractivity contribution in [3.05, 3.63) is 98.5 Å². The molecule has 0 heterocycles. The standard InChI is InChI=1S/C22H16Cl4N2O2/c23-16-3-1-2-13(10-16)12-27-21(26)22(30)28-17-7-4-14(5-8-17)20(29)15-6-9-18(24)19(25)11-15/h1-11,21,27H,12H2,(H,28,30). The number of amides is 1. The van der Waals surface area contributed by atoms with Gasteiger partial charge in [0.1, 0.15) is 0 Å². The maximum Gasteiger partial charge on any atom is 0.256 e. The Morgan fingerprint density at radius 2 is 1.53 bits per heavy atom. The van der Waals surface area contributed by atoms with Crippen LogP contribution in [0.15, 0.2) is 66.7 Å². The largest absolute Gasteiger partial charge is 0.324 e. The fourth-order valence-electron chi connectivity index (χ4n) is 2.66. The van der Waals surface area contributed by atoms with Crippen LogP contribution in [0.5, 0.6) is 0 Å². The van der Waals surface area contributed by atoms with Crippen molar-refractivity contribution in [3.8, 4) is 0 Å². The van der Waals surface area contributed by atoms with Crippen LogP contribution in [0.1, 0.15) is 21.5 Å². The van der Waals surface area contributed by atoms with Gasteiger partial charge in [-0.15, -0.1) is 0 Å². The molecule has 0 bridgehead atoms. The molecule has 0 aliphatic carbocycles. The highest BCUT2D eigenvalue weighted by molar-refractivity contribution is 6.42. The molecule has 1 amide bonds. The molecule has 0 aliphatic heterocycles. The quantitative estimate of drug-likeness (QED) is 0.241. The Morgan fingerprint density at radius 1 is 0.833 bits per heavy atom. The Labute approximate surface area is 194 Å². The summed E-state index contributed by atoms with van der Waals surface area (Å²) in [4.78, 5) is 24.9. The summed E-state index contributed by atoms with van der Waals surface area (Å²) in [6.45, 7) is 0.388. The van der Waals surface area contributed by atoms with Crippen LogP contribution in [0.2, 0.25) is 15.1 Å². The van der Waals surface area contributed by atoms with Gasteiger partial charge in [0.2, 0.25) is 0 Å². The van der Waals surface area contributed by atoms with Crippen molar-refractivity contribution in [2.75, 3.05) is 5.32 Å². The molecule has 0 saturated carbocycles. The number of halogens is 4. The number of hydrogen-bond donors (Lipinski definition) is 2. The van der Waals surface area contributed by atoms with Gasteiger partial charge in [-0.3, -0.25) is 14.9 Å². The second-order valence-corrected chi connectivity index (χ2v) is 8.09. The summed E-state index contributed by atoms with van der Waals surface area (Å²) in [6, 6.07) is 18.4. The van der Waals surface area contributed by atoms with E-state index in [1.807, 2.05) is 12.1 Å². The van der Waals surface area contributed by atoms with Gasteiger partial charge in [0, 0.05) is 28.4 Å². The second-order valence-electron chi connectivity index (χ2n) is 6.40. The molecular weight excluding hydrogens is 466 g/mol. The number of carbonyl (C=O) groups excluding carboxylic acids is 2. The Kier molecular flexibility index (Phi) is 7.75. The third-order valence-electron chi connectivity index (χ3n) is 4.20. The molecule has 0 aromatic heterocycles. The molecule has 154 valence electrons. The summed E-state index contributed by atoms with van der Waals surface area (Å²) >= 11 is 23.9. The van der Waals surface area contributed by atoms with Gasteiger partial charge in [0.15, 0.2) is 11.3 Å². The summed E-state index contributed by atoms with van der Waals surface area (Å²) in [5, 5.41) is 6.93. The Bertz CT molecular complexity index is 1070. The van der Waals surface area contributed by atoms with E-state index < -0.39 is 11.4 Å². The highest BCUT2D eigenvalue weighted by atomic mass is 35.5. The summed E-state index contributed by atoms with van der Waals surface area (Å²) in [5.74, 6) is -0.618. The molecule has 0 saturated heterocycles. The normalized spacial score (nSPS) is 11.7. The van der Waals surface area contributed by atoms with Crippen LogP contribution < -0.4 is 10.6 Å². The third kappa shape index (κ3) is 5.97. The van der Waals surface area contributed by atoms with E-state index in [1.165, 1.54) is 6.07 Å². The van der Waals surface area contributed by atoms with Crippen molar-refractivity contribution < 1.29 is 9.59 Å². The minimum absolute atomic E-state index is 0.204. The topological polar surface area (TPSA) is 58.2 Å². The van der Waals surface area contributed by atoms with Crippen LogP contribution in [0.4, 0.5) is 5.69 Å². The third-order valence-corrected chi connectivity index (χ3v) is 5.53. The van der Waals surface area contributed by atoms with E-state index in [4.69, 9.17) is 46.4 Å². The van der Waals surface area contributed by atoms with Crippen LogP contribution in [0.25, 0.3) is 0 Å². The Morgan fingerprint density at radius 3 is 2.20 bits per heavy atom. The highest BCUT2D eigenvalue weighted by Crippen LogP contribution is 2.24. The number of nitrogens with one attached hydrogen (secondary N) is 2. The number of carbonyl (C=O) groups is 2. The maximum atomic E-state index is 12.6. The van der Waals surface area contributed by atoms with Gasteiger partial charge in [-0.1, -0.05) is 58.5 Å². The lowest BCUT2D eigenvalue weighted by Crippen LogP contribution is -2.35. The van der Waals surface area contributed by atoms with Gasteiger partial charge < -0.3 is 5.32 Å². The average molecular weight is 482 g/mol. The second kappa shape index (κ2) is 10.3. The fraction of sp³-hybridized carbons (Fsp3) is 0.0909. The highest BCUT2D eigenvalue weighted by Gasteiger charge is 2.16.